The standard InChI is InChI=1S/C27H30N4O3/c1-19-8-9-20(2)31(19)24-12-10-21(11-13-24)26(33)28-18-25(32)30-16-14-22(15-17-30)27(34)29-23-6-4-3-5-7-23/h3-13,22H,14-18H2,1-2H3,(H,28,33)(H,29,34). The number of aryl methyl sites for hydroxylation is 2. The van der Waals surface area contributed by atoms with E-state index in [9.17, 15) is 14.4 Å². The van der Waals surface area contributed by atoms with Crippen molar-refractivity contribution in [2.75, 3.05) is 25.0 Å². The number of nitrogens with zero attached hydrogens (tertiary/aromatic N) is 2. The van der Waals surface area contributed by atoms with Crippen molar-refractivity contribution in [3.63, 3.8) is 0 Å². The first-order valence-electron chi connectivity index (χ1n) is 11.6. The molecular formula is C27H30N4O3. The van der Waals surface area contributed by atoms with Crippen LogP contribution >= 0.6 is 0 Å². The Kier molecular flexibility index (Phi) is 7.11. The largest absolute Gasteiger partial charge is 0.343 e. The molecule has 0 unspecified atom stereocenters. The maximum atomic E-state index is 12.6. The van der Waals surface area contributed by atoms with Crippen LogP contribution in [0, 0.1) is 19.8 Å². The molecule has 2 N–H and O–H groups in total. The van der Waals surface area contributed by atoms with Gasteiger partial charge in [-0.3, -0.25) is 14.4 Å². The summed E-state index contributed by atoms with van der Waals surface area (Å²) in [7, 11) is 0. The average Bonchev–Trinajstić information content (AvgIpc) is 3.20. The van der Waals surface area contributed by atoms with Crippen molar-refractivity contribution < 1.29 is 14.4 Å². The molecule has 0 saturated carbocycles. The molecule has 34 heavy (non-hydrogen) atoms. The Bertz CT molecular complexity index is 1140. The number of amides is 3. The summed E-state index contributed by atoms with van der Waals surface area (Å²) in [6.07, 6.45) is 1.22. The number of aromatic nitrogens is 1. The number of carbonyl (C=O) groups excluding carboxylic acids is 3. The molecule has 0 spiro atoms. The van der Waals surface area contributed by atoms with Gasteiger partial charge in [0.05, 0.1) is 6.54 Å². The summed E-state index contributed by atoms with van der Waals surface area (Å²) < 4.78 is 2.12. The number of carbonyl (C=O) groups is 3. The zero-order chi connectivity index (χ0) is 24.1. The van der Waals surface area contributed by atoms with Gasteiger partial charge in [0, 0.05) is 47.3 Å². The van der Waals surface area contributed by atoms with E-state index >= 15 is 0 Å². The van der Waals surface area contributed by atoms with Gasteiger partial charge in [-0.15, -0.1) is 0 Å². The number of nitrogens with one attached hydrogen (secondary N) is 2. The smallest absolute Gasteiger partial charge is 0.251 e. The maximum Gasteiger partial charge on any atom is 0.251 e. The highest BCUT2D eigenvalue weighted by Gasteiger charge is 2.27. The van der Waals surface area contributed by atoms with E-state index in [0.29, 0.717) is 31.5 Å². The predicted octanol–water partition coefficient (Wildman–Crippen LogP) is 3.70. The number of piperidine rings is 1. The molecule has 0 bridgehead atoms. The van der Waals surface area contributed by atoms with E-state index in [1.165, 1.54) is 0 Å². The van der Waals surface area contributed by atoms with Gasteiger partial charge in [0.1, 0.15) is 0 Å². The Morgan fingerprint density at radius 1 is 0.853 bits per heavy atom. The van der Waals surface area contributed by atoms with Gasteiger partial charge in [-0.25, -0.2) is 0 Å². The van der Waals surface area contributed by atoms with Crippen molar-refractivity contribution in [1.29, 1.82) is 0 Å². The van der Waals surface area contributed by atoms with Crippen molar-refractivity contribution in [1.82, 2.24) is 14.8 Å². The molecule has 0 atom stereocenters. The summed E-state index contributed by atoms with van der Waals surface area (Å²) in [6.45, 7) is 5.03. The molecule has 4 rings (SSSR count). The Morgan fingerprint density at radius 3 is 2.09 bits per heavy atom. The third-order valence-corrected chi connectivity index (χ3v) is 6.32. The quantitative estimate of drug-likeness (QED) is 0.591. The summed E-state index contributed by atoms with van der Waals surface area (Å²) in [4.78, 5) is 39.3. The molecule has 0 radical (unpaired) electrons. The third kappa shape index (κ3) is 5.36. The first kappa shape index (κ1) is 23.3. The van der Waals surface area contributed by atoms with E-state index in [-0.39, 0.29) is 30.2 Å². The van der Waals surface area contributed by atoms with Gasteiger partial charge in [0.25, 0.3) is 5.91 Å². The van der Waals surface area contributed by atoms with E-state index in [1.54, 1.807) is 17.0 Å². The zero-order valence-corrected chi connectivity index (χ0v) is 19.6. The molecule has 2 heterocycles. The fraction of sp³-hybridized carbons (Fsp3) is 0.296. The van der Waals surface area contributed by atoms with Gasteiger partial charge in [0.2, 0.25) is 11.8 Å². The van der Waals surface area contributed by atoms with Gasteiger partial charge in [0.15, 0.2) is 0 Å². The van der Waals surface area contributed by atoms with Crippen molar-refractivity contribution in [2.24, 2.45) is 5.92 Å². The second-order valence-electron chi connectivity index (χ2n) is 8.69. The molecule has 7 nitrogen and oxygen atoms in total. The minimum Gasteiger partial charge on any atom is -0.343 e. The lowest BCUT2D eigenvalue weighted by atomic mass is 9.95. The highest BCUT2D eigenvalue weighted by atomic mass is 16.2. The van der Waals surface area contributed by atoms with Crippen LogP contribution in [-0.4, -0.2) is 46.8 Å². The SMILES string of the molecule is Cc1ccc(C)n1-c1ccc(C(=O)NCC(=O)N2CCC(C(=O)Nc3ccccc3)CC2)cc1. The highest BCUT2D eigenvalue weighted by molar-refractivity contribution is 5.96. The summed E-state index contributed by atoms with van der Waals surface area (Å²) in [5, 5.41) is 5.66. The number of para-hydroxylation sites is 1. The van der Waals surface area contributed by atoms with Crippen LogP contribution in [0.3, 0.4) is 0 Å². The number of likely N-dealkylation sites (tertiary alicyclic amines) is 1. The molecule has 7 heteroatoms. The van der Waals surface area contributed by atoms with Crippen molar-refractivity contribution in [3.8, 4) is 5.69 Å². The molecule has 3 amide bonds. The van der Waals surface area contributed by atoms with Gasteiger partial charge < -0.3 is 20.1 Å². The molecule has 1 aliphatic heterocycles. The normalized spacial score (nSPS) is 14.0. The van der Waals surface area contributed by atoms with Crippen LogP contribution in [0.1, 0.15) is 34.6 Å². The fourth-order valence-electron chi connectivity index (χ4n) is 4.36. The number of hydrogen-bond acceptors (Lipinski definition) is 3. The molecule has 1 aliphatic rings. The van der Waals surface area contributed by atoms with Crippen LogP contribution < -0.4 is 10.6 Å². The van der Waals surface area contributed by atoms with Gasteiger partial charge in [-0.1, -0.05) is 18.2 Å². The summed E-state index contributed by atoms with van der Waals surface area (Å²) in [6, 6.07) is 20.8. The van der Waals surface area contributed by atoms with Crippen molar-refractivity contribution >= 4 is 23.4 Å². The summed E-state index contributed by atoms with van der Waals surface area (Å²) >= 11 is 0. The van der Waals surface area contributed by atoms with E-state index < -0.39 is 0 Å². The second kappa shape index (κ2) is 10.4. The molecule has 1 saturated heterocycles. The fourth-order valence-corrected chi connectivity index (χ4v) is 4.36. The van der Waals surface area contributed by atoms with Crippen LogP contribution in [-0.2, 0) is 9.59 Å². The van der Waals surface area contributed by atoms with E-state index in [4.69, 9.17) is 0 Å². The second-order valence-corrected chi connectivity index (χ2v) is 8.69. The number of benzene rings is 2. The molecule has 176 valence electrons. The first-order chi connectivity index (χ1) is 16.4. The topological polar surface area (TPSA) is 83.4 Å². The minimum atomic E-state index is -0.280. The Morgan fingerprint density at radius 2 is 1.47 bits per heavy atom. The molecule has 1 aromatic heterocycles. The molecular weight excluding hydrogens is 428 g/mol. The van der Waals surface area contributed by atoms with Crippen LogP contribution in [0.5, 0.6) is 0 Å². The Labute approximate surface area is 199 Å². The monoisotopic (exact) mass is 458 g/mol. The van der Waals surface area contributed by atoms with E-state index in [2.05, 4.69) is 27.3 Å². The first-order valence-corrected chi connectivity index (χ1v) is 11.6. The number of rotatable bonds is 6. The van der Waals surface area contributed by atoms with E-state index in [1.807, 2.05) is 56.3 Å². The summed E-state index contributed by atoms with van der Waals surface area (Å²) in [5.74, 6) is -0.547. The van der Waals surface area contributed by atoms with Crippen LogP contribution in [0.2, 0.25) is 0 Å². The average molecular weight is 459 g/mol. The molecule has 3 aromatic rings. The van der Waals surface area contributed by atoms with Gasteiger partial charge in [-0.05, 0) is 75.2 Å². The van der Waals surface area contributed by atoms with Crippen molar-refractivity contribution in [2.45, 2.75) is 26.7 Å². The highest BCUT2D eigenvalue weighted by Crippen LogP contribution is 2.20. The van der Waals surface area contributed by atoms with E-state index in [0.717, 1.165) is 22.8 Å². The number of hydrogen-bond donors (Lipinski definition) is 2. The van der Waals surface area contributed by atoms with Crippen molar-refractivity contribution in [3.05, 3.63) is 83.7 Å². The third-order valence-electron chi connectivity index (χ3n) is 6.32. The predicted molar refractivity (Wildman–Crippen MR) is 132 cm³/mol. The lowest BCUT2D eigenvalue weighted by Crippen LogP contribution is -2.45. The lowest BCUT2D eigenvalue weighted by Gasteiger charge is -2.31. The van der Waals surface area contributed by atoms with Crippen LogP contribution in [0.4, 0.5) is 5.69 Å². The lowest BCUT2D eigenvalue weighted by molar-refractivity contribution is -0.133. The maximum absolute atomic E-state index is 12.6. The Balaban J connectivity index is 1.24. The zero-order valence-electron chi connectivity index (χ0n) is 19.6. The van der Waals surface area contributed by atoms with Gasteiger partial charge in [-0.2, -0.15) is 0 Å². The minimum absolute atomic E-state index is 0.0136. The summed E-state index contributed by atoms with van der Waals surface area (Å²) in [5.41, 5.74) is 4.53. The Hall–Kier alpha value is -3.87. The van der Waals surface area contributed by atoms with Gasteiger partial charge >= 0.3 is 0 Å². The molecule has 1 fully saturated rings. The molecule has 2 aromatic carbocycles. The van der Waals surface area contributed by atoms with Crippen LogP contribution in [0.15, 0.2) is 66.7 Å². The van der Waals surface area contributed by atoms with Crippen LogP contribution in [0.25, 0.3) is 5.69 Å². The number of anilines is 1. The molecule has 0 aliphatic carbocycles.